The van der Waals surface area contributed by atoms with Crippen LogP contribution in [0.15, 0.2) is 0 Å². The molecule has 0 aromatic heterocycles. The molecule has 0 aliphatic carbocycles. The lowest BCUT2D eigenvalue weighted by Crippen LogP contribution is -2.57. The fourth-order valence-corrected chi connectivity index (χ4v) is 1.67. The van der Waals surface area contributed by atoms with Crippen LogP contribution in [0.2, 0.25) is 0 Å². The summed E-state index contributed by atoms with van der Waals surface area (Å²) >= 11 is 1.77. The second kappa shape index (κ2) is 3.99. The summed E-state index contributed by atoms with van der Waals surface area (Å²) in [5.74, 6) is 0.625. The Morgan fingerprint density at radius 3 is 2.58 bits per heavy atom. The first kappa shape index (κ1) is 10.4. The van der Waals surface area contributed by atoms with Gasteiger partial charge < -0.3 is 10.1 Å². The van der Waals surface area contributed by atoms with Gasteiger partial charge in [-0.05, 0) is 19.1 Å². The molecule has 1 N–H and O–H groups in total. The van der Waals surface area contributed by atoms with Gasteiger partial charge in [0.1, 0.15) is 5.44 Å². The number of morpholine rings is 1. The van der Waals surface area contributed by atoms with Gasteiger partial charge in [-0.15, -0.1) is 11.8 Å². The van der Waals surface area contributed by atoms with Crippen molar-refractivity contribution in [3.05, 3.63) is 0 Å². The average Bonchev–Trinajstić information content (AvgIpc) is 2.06. The monoisotopic (exact) mass is 189 g/mol. The number of rotatable bonds is 2. The molecule has 0 bridgehead atoms. The fraction of sp³-hybridized carbons (Fsp3) is 1.00. The first-order valence-corrected chi connectivity index (χ1v) is 5.76. The molecule has 2 nitrogen and oxygen atoms in total. The van der Waals surface area contributed by atoms with Gasteiger partial charge in [0, 0.05) is 12.1 Å². The molecular weight excluding hydrogens is 170 g/mol. The lowest BCUT2D eigenvalue weighted by molar-refractivity contribution is -0.00193. The molecule has 3 heteroatoms. The predicted octanol–water partition coefficient (Wildman–Crippen LogP) is 1.71. The third kappa shape index (κ3) is 2.15. The summed E-state index contributed by atoms with van der Waals surface area (Å²) in [6, 6.07) is 0. The van der Waals surface area contributed by atoms with E-state index in [9.17, 15) is 0 Å². The summed E-state index contributed by atoms with van der Waals surface area (Å²) in [6.07, 6.45) is 2.09. The van der Waals surface area contributed by atoms with E-state index in [0.29, 0.717) is 11.4 Å². The molecule has 0 spiro atoms. The third-order valence-electron chi connectivity index (χ3n) is 2.78. The molecule has 0 saturated carbocycles. The van der Waals surface area contributed by atoms with Crippen LogP contribution in [0.1, 0.15) is 20.8 Å². The van der Waals surface area contributed by atoms with E-state index in [1.165, 1.54) is 0 Å². The second-order valence-corrected chi connectivity index (χ2v) is 4.93. The van der Waals surface area contributed by atoms with Crippen molar-refractivity contribution in [2.24, 2.45) is 5.92 Å². The van der Waals surface area contributed by atoms with Crippen molar-refractivity contribution in [3.63, 3.8) is 0 Å². The van der Waals surface area contributed by atoms with Gasteiger partial charge >= 0.3 is 0 Å². The first-order valence-electron chi connectivity index (χ1n) is 4.48. The molecule has 0 radical (unpaired) electrons. The average molecular weight is 189 g/mol. The minimum atomic E-state index is 0.173. The van der Waals surface area contributed by atoms with Crippen molar-refractivity contribution in [2.75, 3.05) is 19.4 Å². The second-order valence-electron chi connectivity index (χ2n) is 3.93. The minimum Gasteiger partial charge on any atom is -0.364 e. The van der Waals surface area contributed by atoms with Gasteiger partial charge in [0.25, 0.3) is 0 Å². The molecule has 1 rings (SSSR count). The van der Waals surface area contributed by atoms with Crippen LogP contribution >= 0.6 is 11.8 Å². The summed E-state index contributed by atoms with van der Waals surface area (Å²) in [4.78, 5) is 0. The highest BCUT2D eigenvalue weighted by atomic mass is 32.2. The molecule has 0 aromatic rings. The fourth-order valence-electron chi connectivity index (χ4n) is 1.21. The van der Waals surface area contributed by atoms with E-state index >= 15 is 0 Å². The molecule has 1 aliphatic heterocycles. The molecule has 0 amide bonds. The van der Waals surface area contributed by atoms with Crippen LogP contribution in [0.25, 0.3) is 0 Å². The lowest BCUT2D eigenvalue weighted by Gasteiger charge is -2.41. The Morgan fingerprint density at radius 1 is 1.58 bits per heavy atom. The zero-order valence-corrected chi connectivity index (χ0v) is 9.20. The van der Waals surface area contributed by atoms with Gasteiger partial charge in [-0.2, -0.15) is 0 Å². The van der Waals surface area contributed by atoms with E-state index in [4.69, 9.17) is 4.74 Å². The van der Waals surface area contributed by atoms with E-state index in [1.807, 2.05) is 0 Å². The van der Waals surface area contributed by atoms with Gasteiger partial charge in [-0.3, -0.25) is 0 Å². The van der Waals surface area contributed by atoms with Crippen LogP contribution < -0.4 is 5.32 Å². The first-order chi connectivity index (χ1) is 5.58. The molecule has 1 heterocycles. The number of nitrogens with one attached hydrogen (secondary N) is 1. The zero-order chi connectivity index (χ0) is 9.19. The maximum Gasteiger partial charge on any atom is 0.115 e. The number of thioether (sulfide) groups is 1. The van der Waals surface area contributed by atoms with Crippen molar-refractivity contribution < 1.29 is 4.74 Å². The topological polar surface area (TPSA) is 21.3 Å². The molecule has 1 aliphatic rings. The highest BCUT2D eigenvalue weighted by molar-refractivity contribution is 7.99. The maximum absolute atomic E-state index is 5.70. The van der Waals surface area contributed by atoms with Gasteiger partial charge in [0.2, 0.25) is 0 Å². The summed E-state index contributed by atoms with van der Waals surface area (Å²) < 4.78 is 5.70. The third-order valence-corrected chi connectivity index (χ3v) is 3.61. The maximum atomic E-state index is 5.70. The van der Waals surface area contributed by atoms with Gasteiger partial charge in [0.05, 0.1) is 6.61 Å². The molecular formula is C9H19NOS. The SMILES string of the molecule is CSC1CNC(C)(C(C)C)CO1. The van der Waals surface area contributed by atoms with Crippen molar-refractivity contribution in [1.82, 2.24) is 5.32 Å². The molecule has 2 atom stereocenters. The van der Waals surface area contributed by atoms with E-state index in [2.05, 4.69) is 32.3 Å². The van der Waals surface area contributed by atoms with Gasteiger partial charge in [-0.1, -0.05) is 13.8 Å². The van der Waals surface area contributed by atoms with Crippen LogP contribution in [0, 0.1) is 5.92 Å². The minimum absolute atomic E-state index is 0.173. The largest absolute Gasteiger partial charge is 0.364 e. The molecule has 0 aromatic carbocycles. The quantitative estimate of drug-likeness (QED) is 0.714. The van der Waals surface area contributed by atoms with Crippen LogP contribution in [0.5, 0.6) is 0 Å². The smallest absolute Gasteiger partial charge is 0.115 e. The van der Waals surface area contributed by atoms with Crippen molar-refractivity contribution >= 4 is 11.8 Å². The summed E-state index contributed by atoms with van der Waals surface area (Å²) in [5.41, 5.74) is 0.517. The standard InChI is InChI=1S/C9H19NOS/c1-7(2)9(3)6-11-8(12-4)5-10-9/h7-8,10H,5-6H2,1-4H3. The van der Waals surface area contributed by atoms with Gasteiger partial charge in [-0.25, -0.2) is 0 Å². The highest BCUT2D eigenvalue weighted by Crippen LogP contribution is 2.23. The Kier molecular flexibility index (Phi) is 3.44. The lowest BCUT2D eigenvalue weighted by atomic mass is 9.88. The van der Waals surface area contributed by atoms with Crippen LogP contribution in [0.3, 0.4) is 0 Å². The van der Waals surface area contributed by atoms with E-state index < -0.39 is 0 Å². The number of hydrogen-bond donors (Lipinski definition) is 1. The Balaban J connectivity index is 2.44. The Morgan fingerprint density at radius 2 is 2.25 bits per heavy atom. The van der Waals surface area contributed by atoms with Crippen LogP contribution in [-0.2, 0) is 4.74 Å². The molecule has 1 saturated heterocycles. The Bertz CT molecular complexity index is 141. The number of ether oxygens (including phenoxy) is 1. The number of hydrogen-bond acceptors (Lipinski definition) is 3. The Hall–Kier alpha value is 0.270. The molecule has 2 unspecified atom stereocenters. The Labute approximate surface area is 79.4 Å². The molecule has 72 valence electrons. The summed E-state index contributed by atoms with van der Waals surface area (Å²) in [6.45, 7) is 8.49. The van der Waals surface area contributed by atoms with Crippen LogP contribution in [0.4, 0.5) is 0 Å². The molecule has 12 heavy (non-hydrogen) atoms. The van der Waals surface area contributed by atoms with Crippen molar-refractivity contribution in [3.8, 4) is 0 Å². The van der Waals surface area contributed by atoms with Crippen molar-refractivity contribution in [2.45, 2.75) is 31.7 Å². The van der Waals surface area contributed by atoms with Crippen molar-refractivity contribution in [1.29, 1.82) is 0 Å². The van der Waals surface area contributed by atoms with E-state index in [-0.39, 0.29) is 5.54 Å². The zero-order valence-electron chi connectivity index (χ0n) is 8.39. The summed E-state index contributed by atoms with van der Waals surface area (Å²) in [7, 11) is 0. The van der Waals surface area contributed by atoms with Gasteiger partial charge in [0.15, 0.2) is 0 Å². The van der Waals surface area contributed by atoms with E-state index in [0.717, 1.165) is 13.2 Å². The molecule has 1 fully saturated rings. The predicted molar refractivity (Wildman–Crippen MR) is 54.5 cm³/mol. The van der Waals surface area contributed by atoms with Crippen LogP contribution in [-0.4, -0.2) is 30.4 Å². The highest BCUT2D eigenvalue weighted by Gasteiger charge is 2.33. The summed E-state index contributed by atoms with van der Waals surface area (Å²) in [5, 5.41) is 3.55. The van der Waals surface area contributed by atoms with E-state index in [1.54, 1.807) is 11.8 Å². The normalized spacial score (nSPS) is 37.2.